The van der Waals surface area contributed by atoms with Gasteiger partial charge in [-0.05, 0) is 23.8 Å². The Kier molecular flexibility index (Phi) is 18.4. The van der Waals surface area contributed by atoms with Crippen LogP contribution in [0.3, 0.4) is 0 Å². The number of carbonyl (C=O) groups excluding carboxylic acids is 1. The molecule has 2 N–H and O–H groups in total. The van der Waals surface area contributed by atoms with E-state index in [2.05, 4.69) is 0 Å². The largest absolute Gasteiger partial charge is 0.460 e. The van der Waals surface area contributed by atoms with Gasteiger partial charge in [-0.25, -0.2) is 14.6 Å². The van der Waals surface area contributed by atoms with Crippen LogP contribution in [0.4, 0.5) is 5.69 Å². The fraction of sp³-hybridized carbons (Fsp3) is 0.682. The molecule has 0 saturated carbocycles. The third-order valence-corrected chi connectivity index (χ3v) is 3.94. The first-order valence-corrected chi connectivity index (χ1v) is 10.8. The van der Waals surface area contributed by atoms with Crippen molar-refractivity contribution >= 4 is 11.7 Å². The highest BCUT2D eigenvalue weighted by Crippen LogP contribution is 2.14. The average molecular weight is 476 g/mol. The van der Waals surface area contributed by atoms with E-state index in [4.69, 9.17) is 48.7 Å². The van der Waals surface area contributed by atoms with E-state index in [0.29, 0.717) is 76.3 Å². The van der Waals surface area contributed by atoms with Crippen LogP contribution < -0.4 is 5.73 Å². The minimum absolute atomic E-state index is 0.123. The second kappa shape index (κ2) is 20.8. The maximum atomic E-state index is 12.2. The third kappa shape index (κ3) is 16.4. The fourth-order valence-electron chi connectivity index (χ4n) is 2.39. The molecule has 1 aromatic carbocycles. The highest BCUT2D eigenvalue weighted by atomic mass is 17.2. The van der Waals surface area contributed by atoms with Crippen LogP contribution in [-0.4, -0.2) is 99.5 Å². The average Bonchev–Trinajstić information content (AvgIpc) is 2.81. The number of hydrogen-bond acceptors (Lipinski definition) is 11. The van der Waals surface area contributed by atoms with Gasteiger partial charge in [-0.2, -0.15) is 0 Å². The number of nitrogen functional groups attached to an aromatic ring is 1. The standard InChI is InChI=1S/C22H37NO10/c1-25-3-5-27-7-9-29-11-13-31-22(24)20-15-19(16-21(23)17-20)18-33-32-14-12-30-10-8-28-6-4-26-2/h15-17H,3-14,18,23H2,1-2H3. The lowest BCUT2D eigenvalue weighted by molar-refractivity contribution is -0.308. The van der Waals surface area contributed by atoms with Gasteiger partial charge in [0, 0.05) is 19.9 Å². The van der Waals surface area contributed by atoms with E-state index in [1.54, 1.807) is 32.4 Å². The van der Waals surface area contributed by atoms with Crippen molar-refractivity contribution in [2.45, 2.75) is 6.61 Å². The molecule has 11 nitrogen and oxygen atoms in total. The summed E-state index contributed by atoms with van der Waals surface area (Å²) in [5, 5.41) is 0. The van der Waals surface area contributed by atoms with Crippen molar-refractivity contribution in [3.05, 3.63) is 29.3 Å². The summed E-state index contributed by atoms with van der Waals surface area (Å²) in [4.78, 5) is 22.5. The van der Waals surface area contributed by atoms with Crippen LogP contribution in [0.25, 0.3) is 0 Å². The number of benzene rings is 1. The Balaban J connectivity index is 2.14. The smallest absolute Gasteiger partial charge is 0.338 e. The van der Waals surface area contributed by atoms with Gasteiger partial charge in [0.25, 0.3) is 0 Å². The van der Waals surface area contributed by atoms with Gasteiger partial charge in [0.05, 0.1) is 71.6 Å². The number of methoxy groups -OCH3 is 2. The van der Waals surface area contributed by atoms with Crippen LogP contribution in [0.2, 0.25) is 0 Å². The summed E-state index contributed by atoms with van der Waals surface area (Å²) in [6, 6.07) is 4.88. The predicted octanol–water partition coefficient (Wildman–Crippen LogP) is 1.23. The lowest BCUT2D eigenvalue weighted by Gasteiger charge is -2.09. The normalized spacial score (nSPS) is 11.1. The van der Waals surface area contributed by atoms with Crippen LogP contribution >= 0.6 is 0 Å². The lowest BCUT2D eigenvalue weighted by Crippen LogP contribution is -2.14. The van der Waals surface area contributed by atoms with Crippen LogP contribution in [0.15, 0.2) is 18.2 Å². The van der Waals surface area contributed by atoms with E-state index in [1.165, 1.54) is 0 Å². The monoisotopic (exact) mass is 475 g/mol. The fourth-order valence-corrected chi connectivity index (χ4v) is 2.39. The Labute approximate surface area is 195 Å². The molecule has 1 rings (SSSR count). The maximum absolute atomic E-state index is 12.2. The number of rotatable bonds is 22. The molecule has 0 fully saturated rings. The van der Waals surface area contributed by atoms with E-state index in [-0.39, 0.29) is 26.4 Å². The third-order valence-electron chi connectivity index (χ3n) is 3.94. The summed E-state index contributed by atoms with van der Waals surface area (Å²) in [5.41, 5.74) is 7.31. The van der Waals surface area contributed by atoms with E-state index >= 15 is 0 Å². The number of ether oxygens (including phenoxy) is 7. The van der Waals surface area contributed by atoms with Gasteiger partial charge in [-0.15, -0.1) is 0 Å². The summed E-state index contributed by atoms with van der Waals surface area (Å²) >= 11 is 0. The first kappa shape index (κ1) is 29.2. The Bertz CT molecular complexity index is 617. The molecule has 0 amide bonds. The molecule has 0 aliphatic heterocycles. The lowest BCUT2D eigenvalue weighted by atomic mass is 10.1. The van der Waals surface area contributed by atoms with E-state index in [9.17, 15) is 4.79 Å². The number of hydrogen-bond donors (Lipinski definition) is 1. The van der Waals surface area contributed by atoms with Crippen molar-refractivity contribution in [2.75, 3.05) is 99.2 Å². The quantitative estimate of drug-likeness (QED) is 0.0855. The zero-order chi connectivity index (χ0) is 24.0. The minimum atomic E-state index is -0.495. The first-order chi connectivity index (χ1) is 16.2. The van der Waals surface area contributed by atoms with Crippen molar-refractivity contribution in [1.29, 1.82) is 0 Å². The highest BCUT2D eigenvalue weighted by Gasteiger charge is 2.10. The Morgan fingerprint density at radius 2 is 1.18 bits per heavy atom. The van der Waals surface area contributed by atoms with Crippen LogP contribution in [0.1, 0.15) is 15.9 Å². The van der Waals surface area contributed by atoms with Crippen LogP contribution in [-0.2, 0) is 49.5 Å². The van der Waals surface area contributed by atoms with E-state index in [0.717, 1.165) is 0 Å². The second-order valence-corrected chi connectivity index (χ2v) is 6.62. The number of esters is 1. The molecule has 0 spiro atoms. The van der Waals surface area contributed by atoms with Crippen molar-refractivity contribution in [2.24, 2.45) is 0 Å². The SMILES string of the molecule is COCCOCCOCCOOCc1cc(N)cc(C(=O)OCCOCCOCCOC)c1. The zero-order valence-electron chi connectivity index (χ0n) is 19.6. The molecule has 0 aliphatic rings. The highest BCUT2D eigenvalue weighted by molar-refractivity contribution is 5.90. The molecule has 0 aliphatic carbocycles. The summed E-state index contributed by atoms with van der Waals surface area (Å²) in [6.07, 6.45) is 0. The van der Waals surface area contributed by atoms with Gasteiger partial charge in [-0.1, -0.05) is 0 Å². The predicted molar refractivity (Wildman–Crippen MR) is 119 cm³/mol. The molecule has 0 radical (unpaired) electrons. The molecule has 1 aromatic rings. The summed E-state index contributed by atoms with van der Waals surface area (Å²) in [7, 11) is 3.23. The molecule has 11 heteroatoms. The molecule has 0 atom stereocenters. The molecule has 0 saturated heterocycles. The van der Waals surface area contributed by atoms with E-state index in [1.807, 2.05) is 0 Å². The Morgan fingerprint density at radius 3 is 1.76 bits per heavy atom. The molecular weight excluding hydrogens is 438 g/mol. The van der Waals surface area contributed by atoms with Gasteiger partial charge in [0.2, 0.25) is 0 Å². The summed E-state index contributed by atoms with van der Waals surface area (Å²) in [5.74, 6) is -0.495. The second-order valence-electron chi connectivity index (χ2n) is 6.62. The Morgan fingerprint density at radius 1 is 0.667 bits per heavy atom. The minimum Gasteiger partial charge on any atom is -0.460 e. The van der Waals surface area contributed by atoms with Crippen LogP contribution in [0, 0.1) is 0 Å². The van der Waals surface area contributed by atoms with Gasteiger partial charge in [0.15, 0.2) is 0 Å². The number of nitrogens with two attached hydrogens (primary N) is 1. The van der Waals surface area contributed by atoms with E-state index < -0.39 is 5.97 Å². The molecule has 33 heavy (non-hydrogen) atoms. The molecule has 0 bridgehead atoms. The van der Waals surface area contributed by atoms with Crippen molar-refractivity contribution in [3.63, 3.8) is 0 Å². The molecule has 0 aromatic heterocycles. The number of carbonyl (C=O) groups is 1. The van der Waals surface area contributed by atoms with Crippen molar-refractivity contribution in [3.8, 4) is 0 Å². The van der Waals surface area contributed by atoms with Gasteiger partial charge < -0.3 is 38.9 Å². The van der Waals surface area contributed by atoms with Gasteiger partial charge in [-0.3, -0.25) is 0 Å². The summed E-state index contributed by atoms with van der Waals surface area (Å²) < 4.78 is 36.2. The topological polar surface area (TPSA) is 126 Å². The number of anilines is 1. The summed E-state index contributed by atoms with van der Waals surface area (Å²) in [6.45, 7) is 5.09. The zero-order valence-corrected chi connectivity index (χ0v) is 19.6. The molecule has 0 heterocycles. The van der Waals surface area contributed by atoms with Crippen molar-refractivity contribution < 1.29 is 47.7 Å². The first-order valence-electron chi connectivity index (χ1n) is 10.8. The van der Waals surface area contributed by atoms with Gasteiger partial charge >= 0.3 is 5.97 Å². The Hall–Kier alpha value is -1.83. The molecular formula is C22H37NO10. The van der Waals surface area contributed by atoms with Crippen LogP contribution in [0.5, 0.6) is 0 Å². The maximum Gasteiger partial charge on any atom is 0.338 e. The molecule has 0 unspecified atom stereocenters. The molecule has 190 valence electrons. The van der Waals surface area contributed by atoms with Gasteiger partial charge in [0.1, 0.15) is 19.8 Å². The van der Waals surface area contributed by atoms with Crippen molar-refractivity contribution in [1.82, 2.24) is 0 Å².